The Balaban J connectivity index is 0.00000324. The number of rotatable bonds is 6. The fourth-order valence-electron chi connectivity index (χ4n) is 1.63. The standard InChI is InChI=1S/C13H19NO4.ClH/c1-4-18-13(15)8-11(14)10-6-5-9(16-2)7-12(10)17-3;/h5-7,11H,4,8,14H2,1-3H3;1H/t11-;/m0./s1. The van der Waals surface area contributed by atoms with E-state index in [2.05, 4.69) is 0 Å². The zero-order valence-corrected chi connectivity index (χ0v) is 12.2. The highest BCUT2D eigenvalue weighted by molar-refractivity contribution is 5.85. The highest BCUT2D eigenvalue weighted by atomic mass is 35.5. The van der Waals surface area contributed by atoms with E-state index in [1.165, 1.54) is 0 Å². The van der Waals surface area contributed by atoms with Crippen LogP contribution in [0, 0.1) is 0 Å². The van der Waals surface area contributed by atoms with Crippen LogP contribution in [0.5, 0.6) is 11.5 Å². The lowest BCUT2D eigenvalue weighted by atomic mass is 10.0. The number of methoxy groups -OCH3 is 2. The highest BCUT2D eigenvalue weighted by Crippen LogP contribution is 2.29. The number of carbonyl (C=O) groups is 1. The molecule has 0 amide bonds. The first-order valence-electron chi connectivity index (χ1n) is 5.75. The molecule has 0 spiro atoms. The molecule has 108 valence electrons. The zero-order chi connectivity index (χ0) is 13.5. The van der Waals surface area contributed by atoms with E-state index in [1.54, 1.807) is 39.3 Å². The van der Waals surface area contributed by atoms with Gasteiger partial charge < -0.3 is 19.9 Å². The van der Waals surface area contributed by atoms with Crippen LogP contribution >= 0.6 is 12.4 Å². The quantitative estimate of drug-likeness (QED) is 0.812. The largest absolute Gasteiger partial charge is 0.497 e. The predicted molar refractivity (Wildman–Crippen MR) is 75.0 cm³/mol. The van der Waals surface area contributed by atoms with Gasteiger partial charge in [0, 0.05) is 17.7 Å². The second-order valence-corrected chi connectivity index (χ2v) is 3.72. The van der Waals surface area contributed by atoms with Gasteiger partial charge in [-0.25, -0.2) is 0 Å². The molecule has 1 rings (SSSR count). The molecule has 1 aromatic rings. The van der Waals surface area contributed by atoms with Gasteiger partial charge in [0.2, 0.25) is 0 Å². The normalized spacial score (nSPS) is 11.2. The van der Waals surface area contributed by atoms with E-state index in [1.807, 2.05) is 0 Å². The SMILES string of the molecule is CCOC(=O)C[C@H](N)c1ccc(OC)cc1OC.Cl. The van der Waals surface area contributed by atoms with Crippen LogP contribution in [-0.2, 0) is 9.53 Å². The first-order chi connectivity index (χ1) is 8.62. The number of hydrogen-bond acceptors (Lipinski definition) is 5. The maximum atomic E-state index is 11.4. The van der Waals surface area contributed by atoms with Crippen molar-refractivity contribution in [3.63, 3.8) is 0 Å². The van der Waals surface area contributed by atoms with Gasteiger partial charge >= 0.3 is 5.97 Å². The number of esters is 1. The molecular formula is C13H20ClNO4. The van der Waals surface area contributed by atoms with Gasteiger partial charge in [-0.15, -0.1) is 12.4 Å². The average Bonchev–Trinajstić information content (AvgIpc) is 2.38. The summed E-state index contributed by atoms with van der Waals surface area (Å²) in [7, 11) is 3.13. The molecule has 0 unspecified atom stereocenters. The molecule has 0 aromatic heterocycles. The number of carbonyl (C=O) groups excluding carboxylic acids is 1. The fourth-order valence-corrected chi connectivity index (χ4v) is 1.63. The lowest BCUT2D eigenvalue weighted by Crippen LogP contribution is -2.18. The molecule has 0 aliphatic rings. The molecule has 0 fully saturated rings. The van der Waals surface area contributed by atoms with E-state index in [9.17, 15) is 4.79 Å². The Morgan fingerprint density at radius 3 is 2.53 bits per heavy atom. The van der Waals surface area contributed by atoms with Gasteiger partial charge in [-0.2, -0.15) is 0 Å². The highest BCUT2D eigenvalue weighted by Gasteiger charge is 2.17. The van der Waals surface area contributed by atoms with Crippen LogP contribution in [0.15, 0.2) is 18.2 Å². The Hall–Kier alpha value is -1.46. The Morgan fingerprint density at radius 1 is 1.32 bits per heavy atom. The van der Waals surface area contributed by atoms with Gasteiger partial charge in [-0.1, -0.05) is 6.07 Å². The van der Waals surface area contributed by atoms with Crippen molar-refractivity contribution in [1.82, 2.24) is 0 Å². The summed E-state index contributed by atoms with van der Waals surface area (Å²) in [5, 5.41) is 0. The Bertz CT molecular complexity index is 412. The lowest BCUT2D eigenvalue weighted by Gasteiger charge is -2.15. The average molecular weight is 290 g/mol. The molecular weight excluding hydrogens is 270 g/mol. The lowest BCUT2D eigenvalue weighted by molar-refractivity contribution is -0.143. The van der Waals surface area contributed by atoms with Crippen molar-refractivity contribution in [2.24, 2.45) is 5.73 Å². The summed E-state index contributed by atoms with van der Waals surface area (Å²) < 4.78 is 15.2. The van der Waals surface area contributed by atoms with Gasteiger partial charge in [-0.05, 0) is 13.0 Å². The number of halogens is 1. The Kier molecular flexibility index (Phi) is 7.95. The van der Waals surface area contributed by atoms with Crippen LogP contribution in [0.4, 0.5) is 0 Å². The molecule has 1 atom stereocenters. The van der Waals surface area contributed by atoms with Crippen molar-refractivity contribution in [3.05, 3.63) is 23.8 Å². The summed E-state index contributed by atoms with van der Waals surface area (Å²) in [6.07, 6.45) is 0.122. The molecule has 2 N–H and O–H groups in total. The van der Waals surface area contributed by atoms with Gasteiger partial charge in [0.1, 0.15) is 11.5 Å². The van der Waals surface area contributed by atoms with Crippen molar-refractivity contribution in [3.8, 4) is 11.5 Å². The summed E-state index contributed by atoms with van der Waals surface area (Å²) in [5.74, 6) is 0.966. The fraction of sp³-hybridized carbons (Fsp3) is 0.462. The van der Waals surface area contributed by atoms with Gasteiger partial charge in [-0.3, -0.25) is 4.79 Å². The minimum atomic E-state index is -0.454. The molecule has 5 nitrogen and oxygen atoms in total. The Morgan fingerprint density at radius 2 is 2.00 bits per heavy atom. The smallest absolute Gasteiger partial charge is 0.307 e. The summed E-state index contributed by atoms with van der Waals surface area (Å²) in [6.45, 7) is 2.11. The Labute approximate surface area is 119 Å². The number of nitrogens with two attached hydrogens (primary N) is 1. The molecule has 0 aliphatic heterocycles. The van der Waals surface area contributed by atoms with E-state index in [0.29, 0.717) is 18.1 Å². The van der Waals surface area contributed by atoms with Crippen LogP contribution in [-0.4, -0.2) is 26.8 Å². The second-order valence-electron chi connectivity index (χ2n) is 3.72. The molecule has 0 bridgehead atoms. The second kappa shape index (κ2) is 8.61. The molecule has 0 saturated heterocycles. The number of benzene rings is 1. The maximum absolute atomic E-state index is 11.4. The summed E-state index contributed by atoms with van der Waals surface area (Å²) >= 11 is 0. The van der Waals surface area contributed by atoms with Crippen molar-refractivity contribution < 1.29 is 19.0 Å². The third-order valence-corrected chi connectivity index (χ3v) is 2.53. The summed E-state index contributed by atoms with van der Waals surface area (Å²) in [4.78, 5) is 11.4. The van der Waals surface area contributed by atoms with Gasteiger partial charge in [0.15, 0.2) is 0 Å². The molecule has 0 saturated carbocycles. The van der Waals surface area contributed by atoms with Crippen LogP contribution in [0.2, 0.25) is 0 Å². The molecule has 0 heterocycles. The molecule has 6 heteroatoms. The molecule has 1 aromatic carbocycles. The van der Waals surface area contributed by atoms with Crippen LogP contribution < -0.4 is 15.2 Å². The minimum Gasteiger partial charge on any atom is -0.497 e. The molecule has 19 heavy (non-hydrogen) atoms. The predicted octanol–water partition coefficient (Wildman–Crippen LogP) is 2.08. The van der Waals surface area contributed by atoms with E-state index in [-0.39, 0.29) is 24.8 Å². The number of hydrogen-bond donors (Lipinski definition) is 1. The zero-order valence-electron chi connectivity index (χ0n) is 11.3. The topological polar surface area (TPSA) is 70.8 Å². The van der Waals surface area contributed by atoms with Crippen LogP contribution in [0.25, 0.3) is 0 Å². The summed E-state index contributed by atoms with van der Waals surface area (Å²) in [5.41, 5.74) is 6.73. The van der Waals surface area contributed by atoms with Gasteiger partial charge in [0.05, 0.1) is 27.2 Å². The first-order valence-corrected chi connectivity index (χ1v) is 5.75. The van der Waals surface area contributed by atoms with Crippen LogP contribution in [0.1, 0.15) is 24.9 Å². The molecule has 0 aliphatic carbocycles. The first kappa shape index (κ1) is 17.5. The van der Waals surface area contributed by atoms with E-state index in [0.717, 1.165) is 5.56 Å². The van der Waals surface area contributed by atoms with Crippen molar-refractivity contribution >= 4 is 18.4 Å². The van der Waals surface area contributed by atoms with E-state index in [4.69, 9.17) is 19.9 Å². The minimum absolute atomic E-state index is 0. The maximum Gasteiger partial charge on any atom is 0.307 e. The van der Waals surface area contributed by atoms with Crippen molar-refractivity contribution in [2.45, 2.75) is 19.4 Å². The van der Waals surface area contributed by atoms with Crippen molar-refractivity contribution in [1.29, 1.82) is 0 Å². The summed E-state index contributed by atoms with van der Waals surface area (Å²) in [6, 6.07) is 4.86. The van der Waals surface area contributed by atoms with Crippen LogP contribution in [0.3, 0.4) is 0 Å². The number of ether oxygens (including phenoxy) is 3. The molecule has 0 radical (unpaired) electrons. The van der Waals surface area contributed by atoms with Gasteiger partial charge in [0.25, 0.3) is 0 Å². The third-order valence-electron chi connectivity index (χ3n) is 2.53. The monoisotopic (exact) mass is 289 g/mol. The van der Waals surface area contributed by atoms with E-state index >= 15 is 0 Å². The van der Waals surface area contributed by atoms with Crippen molar-refractivity contribution in [2.75, 3.05) is 20.8 Å². The third kappa shape index (κ3) is 4.96. The van der Waals surface area contributed by atoms with E-state index < -0.39 is 6.04 Å².